The Bertz CT molecular complexity index is 953. The summed E-state index contributed by atoms with van der Waals surface area (Å²) in [5, 5.41) is 9.71. The van der Waals surface area contributed by atoms with Crippen LogP contribution in [0.2, 0.25) is 0 Å². The molecule has 0 amide bonds. The Morgan fingerprint density at radius 3 is 1.43 bits per heavy atom. The predicted molar refractivity (Wildman–Crippen MR) is 222 cm³/mol. The van der Waals surface area contributed by atoms with Crippen molar-refractivity contribution in [2.45, 2.75) is 219 Å². The van der Waals surface area contributed by atoms with E-state index in [2.05, 4.69) is 26.0 Å². The zero-order valence-corrected chi connectivity index (χ0v) is 36.7. The van der Waals surface area contributed by atoms with Gasteiger partial charge in [-0.25, -0.2) is 0 Å². The number of likely N-dealkylation sites (N-methyl/N-ethyl adjacent to an activating group) is 1. The number of allylic oxidation sites excluding steroid dienone is 2. The topological polar surface area (TPSA) is 122 Å². The van der Waals surface area contributed by atoms with Crippen LogP contribution >= 0.6 is 7.82 Å². The SMILES string of the molecule is CCCCCCCC/C=C\CCCCCCCC(=O)C(C[N+](C)(C)C)OP(=O)([O-])OC[C@@H](CO)OC(=O)CCCCCCCCCCCCCCCCC. The maximum absolute atomic E-state index is 13.1. The zero-order valence-electron chi connectivity index (χ0n) is 35.8. The molecule has 0 aliphatic carbocycles. The van der Waals surface area contributed by atoms with Crippen LogP contribution in [0.4, 0.5) is 0 Å². The largest absolute Gasteiger partial charge is 0.756 e. The smallest absolute Gasteiger partial charge is 0.306 e. The first-order valence-corrected chi connectivity index (χ1v) is 23.8. The lowest BCUT2D eigenvalue weighted by atomic mass is 10.0. The maximum atomic E-state index is 13.1. The van der Waals surface area contributed by atoms with Crippen molar-refractivity contribution in [2.75, 3.05) is 40.9 Å². The molecule has 1 N–H and O–H groups in total. The molecule has 0 saturated heterocycles. The summed E-state index contributed by atoms with van der Waals surface area (Å²) in [4.78, 5) is 38.2. The minimum absolute atomic E-state index is 0.164. The van der Waals surface area contributed by atoms with Crippen LogP contribution in [-0.2, 0) is 27.9 Å². The van der Waals surface area contributed by atoms with Gasteiger partial charge in [0.15, 0.2) is 11.9 Å². The molecule has 0 aromatic carbocycles. The number of hydrogen-bond donors (Lipinski definition) is 1. The van der Waals surface area contributed by atoms with E-state index in [0.29, 0.717) is 17.3 Å². The number of hydrogen-bond acceptors (Lipinski definition) is 8. The lowest BCUT2D eigenvalue weighted by molar-refractivity contribution is -0.872. The van der Waals surface area contributed by atoms with Gasteiger partial charge in [-0.1, -0.05) is 167 Å². The summed E-state index contributed by atoms with van der Waals surface area (Å²) in [6, 6.07) is 0. The number of ketones is 1. The van der Waals surface area contributed by atoms with Crippen molar-refractivity contribution >= 4 is 19.6 Å². The van der Waals surface area contributed by atoms with Crippen LogP contribution in [0.3, 0.4) is 0 Å². The van der Waals surface area contributed by atoms with Gasteiger partial charge in [0.05, 0.1) is 34.4 Å². The Labute approximate surface area is 333 Å². The average molecular weight is 788 g/mol. The molecule has 0 fully saturated rings. The fourth-order valence-electron chi connectivity index (χ4n) is 6.59. The third-order valence-electron chi connectivity index (χ3n) is 9.92. The molecule has 0 heterocycles. The number of aliphatic hydroxyl groups is 1. The predicted octanol–water partition coefficient (Wildman–Crippen LogP) is 11.3. The Hall–Kier alpha value is -1.09. The highest BCUT2D eigenvalue weighted by Crippen LogP contribution is 2.41. The van der Waals surface area contributed by atoms with Crippen molar-refractivity contribution in [1.29, 1.82) is 0 Å². The Morgan fingerprint density at radius 2 is 1.02 bits per heavy atom. The number of ether oxygens (including phenoxy) is 1. The van der Waals surface area contributed by atoms with Gasteiger partial charge in [0.2, 0.25) is 0 Å². The second-order valence-electron chi connectivity index (χ2n) is 16.6. The summed E-state index contributed by atoms with van der Waals surface area (Å²) >= 11 is 0. The fourth-order valence-corrected chi connectivity index (χ4v) is 7.50. The molecule has 0 spiro atoms. The van der Waals surface area contributed by atoms with Gasteiger partial charge in [-0.15, -0.1) is 0 Å². The monoisotopic (exact) mass is 788 g/mol. The quantitative estimate of drug-likeness (QED) is 0.0214. The molecule has 0 aliphatic rings. The molecule has 0 aromatic rings. The highest BCUT2D eigenvalue weighted by atomic mass is 31.2. The van der Waals surface area contributed by atoms with E-state index in [-0.39, 0.29) is 25.2 Å². The molecule has 9 nitrogen and oxygen atoms in total. The van der Waals surface area contributed by atoms with Gasteiger partial charge < -0.3 is 28.3 Å². The van der Waals surface area contributed by atoms with Gasteiger partial charge in [0.1, 0.15) is 12.6 Å². The number of unbranched alkanes of at least 4 members (excludes halogenated alkanes) is 25. The third kappa shape index (κ3) is 36.5. The van der Waals surface area contributed by atoms with Crippen molar-refractivity contribution in [3.05, 3.63) is 12.2 Å². The van der Waals surface area contributed by atoms with E-state index >= 15 is 0 Å². The molecule has 0 aliphatic heterocycles. The number of nitrogens with zero attached hydrogens (tertiary/aromatic N) is 1. The van der Waals surface area contributed by atoms with Crippen molar-refractivity contribution < 1.29 is 42.4 Å². The molecule has 320 valence electrons. The molecule has 0 bridgehead atoms. The van der Waals surface area contributed by atoms with Gasteiger partial charge in [0, 0.05) is 12.8 Å². The van der Waals surface area contributed by atoms with Crippen molar-refractivity contribution in [2.24, 2.45) is 0 Å². The summed E-state index contributed by atoms with van der Waals surface area (Å²) in [5.74, 6) is -0.763. The number of phosphoric ester groups is 1. The minimum Gasteiger partial charge on any atom is -0.756 e. The lowest BCUT2D eigenvalue weighted by Crippen LogP contribution is -2.45. The first kappa shape index (κ1) is 52.9. The third-order valence-corrected chi connectivity index (χ3v) is 10.9. The van der Waals surface area contributed by atoms with Crippen molar-refractivity contribution in [3.63, 3.8) is 0 Å². The summed E-state index contributed by atoms with van der Waals surface area (Å²) in [6.45, 7) is 3.51. The van der Waals surface area contributed by atoms with Crippen molar-refractivity contribution in [1.82, 2.24) is 0 Å². The molecule has 0 saturated carbocycles. The van der Waals surface area contributed by atoms with Crippen LogP contribution < -0.4 is 4.89 Å². The van der Waals surface area contributed by atoms with Gasteiger partial charge in [-0.2, -0.15) is 0 Å². The van der Waals surface area contributed by atoms with Crippen LogP contribution in [0.15, 0.2) is 12.2 Å². The summed E-state index contributed by atoms with van der Waals surface area (Å²) in [7, 11) is 0.673. The second-order valence-corrected chi connectivity index (χ2v) is 18.0. The molecule has 3 atom stereocenters. The molecular formula is C44H86NO8P. The Morgan fingerprint density at radius 1 is 0.630 bits per heavy atom. The number of esters is 1. The van der Waals surface area contributed by atoms with E-state index < -0.39 is 39.2 Å². The zero-order chi connectivity index (χ0) is 40.2. The summed E-state index contributed by atoms with van der Waals surface area (Å²) < 4.78 is 28.7. The molecular weight excluding hydrogens is 701 g/mol. The number of quaternary nitrogens is 1. The van der Waals surface area contributed by atoms with E-state index in [1.54, 1.807) is 0 Å². The van der Waals surface area contributed by atoms with E-state index in [1.807, 2.05) is 21.1 Å². The first-order chi connectivity index (χ1) is 25.9. The number of carbonyl (C=O) groups is 2. The number of rotatable bonds is 41. The number of Topliss-reactive ketones (excluding diaryl/α,β-unsaturated/α-hetero) is 1. The maximum Gasteiger partial charge on any atom is 0.306 e. The highest BCUT2D eigenvalue weighted by Gasteiger charge is 2.30. The van der Waals surface area contributed by atoms with Crippen LogP contribution in [0.25, 0.3) is 0 Å². The second kappa shape index (κ2) is 36.3. The molecule has 54 heavy (non-hydrogen) atoms. The molecule has 0 radical (unpaired) electrons. The molecule has 2 unspecified atom stereocenters. The summed E-state index contributed by atoms with van der Waals surface area (Å²) in [6.07, 6.45) is 36.3. The van der Waals surface area contributed by atoms with Gasteiger partial charge in [-0.05, 0) is 38.5 Å². The van der Waals surface area contributed by atoms with Gasteiger partial charge in [0.25, 0.3) is 7.82 Å². The van der Waals surface area contributed by atoms with Crippen LogP contribution in [0, 0.1) is 0 Å². The Kier molecular flexibility index (Phi) is 35.5. The van der Waals surface area contributed by atoms with E-state index in [1.165, 1.54) is 116 Å². The van der Waals surface area contributed by atoms with Crippen molar-refractivity contribution in [3.8, 4) is 0 Å². The Balaban J connectivity index is 4.26. The number of phosphoric acid groups is 1. The first-order valence-electron chi connectivity index (χ1n) is 22.4. The standard InChI is InChI=1S/C44H86NO8P/c1-6-8-10-12-14-16-18-20-22-24-26-28-30-32-34-36-42(47)43(38-45(3,4)5)53-54(49,50)51-40-41(39-46)52-44(48)37-35-33-31-29-27-25-23-21-19-17-15-13-11-9-7-2/h20,22,41,43,46H,6-19,21,23-40H2,1-5H3/b22-20-/t41-,43?/m1/s1. The summed E-state index contributed by atoms with van der Waals surface area (Å²) in [5.41, 5.74) is 0. The van der Waals surface area contributed by atoms with Crippen LogP contribution in [-0.4, -0.2) is 74.5 Å². The van der Waals surface area contributed by atoms with E-state index in [9.17, 15) is 24.2 Å². The lowest BCUT2D eigenvalue weighted by Gasteiger charge is -2.32. The van der Waals surface area contributed by atoms with Crippen LogP contribution in [0.5, 0.6) is 0 Å². The highest BCUT2D eigenvalue weighted by molar-refractivity contribution is 7.45. The molecule has 0 aromatic heterocycles. The van der Waals surface area contributed by atoms with E-state index in [0.717, 1.165) is 51.4 Å². The minimum atomic E-state index is -4.92. The fraction of sp³-hybridized carbons (Fsp3) is 0.909. The number of aliphatic hydroxyl groups excluding tert-OH is 1. The number of carbonyl (C=O) groups excluding carboxylic acids is 2. The van der Waals surface area contributed by atoms with Gasteiger partial charge in [-0.3, -0.25) is 14.2 Å². The average Bonchev–Trinajstić information content (AvgIpc) is 3.12. The molecule has 10 heteroatoms. The molecule has 0 rings (SSSR count). The normalized spacial score (nSPS) is 14.4. The van der Waals surface area contributed by atoms with Gasteiger partial charge >= 0.3 is 5.97 Å². The van der Waals surface area contributed by atoms with E-state index in [4.69, 9.17) is 13.8 Å². The van der Waals surface area contributed by atoms with Crippen LogP contribution in [0.1, 0.15) is 206 Å².